The molecular formula is C11H12N2O4. The van der Waals surface area contributed by atoms with Gasteiger partial charge < -0.3 is 10.4 Å². The lowest BCUT2D eigenvalue weighted by atomic mass is 10.3. The molecule has 0 fully saturated rings. The molecule has 0 bridgehead atoms. The summed E-state index contributed by atoms with van der Waals surface area (Å²) in [6.45, 7) is 1.25. The van der Waals surface area contributed by atoms with Crippen molar-refractivity contribution in [1.82, 2.24) is 5.32 Å². The van der Waals surface area contributed by atoms with E-state index in [-0.39, 0.29) is 23.6 Å². The molecule has 6 heteroatoms. The molecule has 0 atom stereocenters. The average molecular weight is 236 g/mol. The summed E-state index contributed by atoms with van der Waals surface area (Å²) in [5.41, 5.74) is 0.181. The third kappa shape index (κ3) is 4.33. The number of ketones is 1. The number of rotatable bonds is 3. The van der Waals surface area contributed by atoms with Crippen LogP contribution in [0.3, 0.4) is 0 Å². The van der Waals surface area contributed by atoms with Crippen LogP contribution in [0, 0.1) is 0 Å². The maximum atomic E-state index is 11.3. The first-order chi connectivity index (χ1) is 7.99. The first kappa shape index (κ1) is 12.7. The Balaban J connectivity index is 2.53. The van der Waals surface area contributed by atoms with Gasteiger partial charge in [0.2, 0.25) is 5.91 Å². The predicted octanol–water partition coefficient (Wildman–Crippen LogP) is 1.02. The van der Waals surface area contributed by atoms with Gasteiger partial charge in [0.25, 0.3) is 0 Å². The number of phenolic OH excluding ortho intramolecular Hbond substituents is 1. The highest BCUT2D eigenvalue weighted by Crippen LogP contribution is 2.20. The Kier molecular flexibility index (Phi) is 4.21. The molecule has 3 N–H and O–H groups in total. The quantitative estimate of drug-likeness (QED) is 0.539. The number of aromatic hydroxyl groups is 1. The number of phenols is 1. The lowest BCUT2D eigenvalue weighted by Crippen LogP contribution is -2.35. The van der Waals surface area contributed by atoms with Crippen LogP contribution in [0.1, 0.15) is 13.3 Å². The molecule has 1 aromatic rings. The number of carbonyl (C=O) groups is 3. The highest BCUT2D eigenvalue weighted by atomic mass is 16.3. The van der Waals surface area contributed by atoms with E-state index in [0.29, 0.717) is 0 Å². The van der Waals surface area contributed by atoms with E-state index < -0.39 is 11.9 Å². The van der Waals surface area contributed by atoms with Crippen molar-refractivity contribution < 1.29 is 19.5 Å². The topological polar surface area (TPSA) is 95.5 Å². The van der Waals surface area contributed by atoms with Gasteiger partial charge in [0.05, 0.1) is 12.1 Å². The molecule has 17 heavy (non-hydrogen) atoms. The molecule has 3 amide bonds. The number of hydrogen-bond donors (Lipinski definition) is 3. The van der Waals surface area contributed by atoms with E-state index in [1.54, 1.807) is 12.1 Å². The van der Waals surface area contributed by atoms with E-state index in [2.05, 4.69) is 5.32 Å². The molecule has 1 aromatic carbocycles. The third-order valence-electron chi connectivity index (χ3n) is 1.81. The zero-order valence-electron chi connectivity index (χ0n) is 9.19. The van der Waals surface area contributed by atoms with Gasteiger partial charge in [-0.25, -0.2) is 4.79 Å². The van der Waals surface area contributed by atoms with Gasteiger partial charge >= 0.3 is 6.03 Å². The fourth-order valence-corrected chi connectivity index (χ4v) is 1.13. The number of para-hydroxylation sites is 2. The minimum absolute atomic E-state index is 0.110. The molecule has 90 valence electrons. The summed E-state index contributed by atoms with van der Waals surface area (Å²) in [6, 6.07) is 5.29. The Morgan fingerprint density at radius 2 is 1.88 bits per heavy atom. The Morgan fingerprint density at radius 3 is 2.47 bits per heavy atom. The summed E-state index contributed by atoms with van der Waals surface area (Å²) in [5, 5.41) is 13.6. The van der Waals surface area contributed by atoms with Gasteiger partial charge in [0.15, 0.2) is 0 Å². The molecule has 0 aliphatic heterocycles. The van der Waals surface area contributed by atoms with Gasteiger partial charge in [0.1, 0.15) is 11.5 Å². The van der Waals surface area contributed by atoms with Gasteiger partial charge in [0, 0.05) is 0 Å². The molecule has 0 radical (unpaired) electrons. The summed E-state index contributed by atoms with van der Waals surface area (Å²) in [5.74, 6) is -1.13. The van der Waals surface area contributed by atoms with Crippen LogP contribution in [0.2, 0.25) is 0 Å². The molecule has 0 spiro atoms. The van der Waals surface area contributed by atoms with Crippen LogP contribution in [0.15, 0.2) is 24.3 Å². The second-order valence-electron chi connectivity index (χ2n) is 3.40. The van der Waals surface area contributed by atoms with E-state index in [9.17, 15) is 19.5 Å². The molecule has 0 aliphatic carbocycles. The van der Waals surface area contributed by atoms with Crippen LogP contribution in [0.4, 0.5) is 10.5 Å². The normalized spacial score (nSPS) is 9.47. The fourth-order valence-electron chi connectivity index (χ4n) is 1.13. The van der Waals surface area contributed by atoms with Crippen LogP contribution >= 0.6 is 0 Å². The number of imide groups is 1. The number of benzene rings is 1. The summed E-state index contributed by atoms with van der Waals surface area (Å²) < 4.78 is 0. The van der Waals surface area contributed by atoms with Crippen LogP contribution < -0.4 is 10.6 Å². The summed E-state index contributed by atoms with van der Waals surface area (Å²) in [4.78, 5) is 33.0. The van der Waals surface area contributed by atoms with Crippen LogP contribution in [-0.4, -0.2) is 22.8 Å². The first-order valence-electron chi connectivity index (χ1n) is 4.87. The highest BCUT2D eigenvalue weighted by molar-refractivity contribution is 6.07. The number of Topliss-reactive ketones (excluding diaryl/α,β-unsaturated/α-hetero) is 1. The Hall–Kier alpha value is -2.37. The van der Waals surface area contributed by atoms with E-state index in [1.165, 1.54) is 19.1 Å². The zero-order chi connectivity index (χ0) is 12.8. The number of anilines is 1. The number of nitrogens with one attached hydrogen (secondary N) is 2. The number of hydrogen-bond acceptors (Lipinski definition) is 4. The second-order valence-corrected chi connectivity index (χ2v) is 3.40. The van der Waals surface area contributed by atoms with Crippen LogP contribution in [-0.2, 0) is 9.59 Å². The number of amides is 3. The van der Waals surface area contributed by atoms with E-state index in [4.69, 9.17) is 0 Å². The van der Waals surface area contributed by atoms with Crippen LogP contribution in [0.25, 0.3) is 0 Å². The Morgan fingerprint density at radius 1 is 1.24 bits per heavy atom. The molecule has 0 aromatic heterocycles. The standard InChI is InChI=1S/C11H12N2O4/c1-7(14)6-10(16)13-11(17)12-8-4-2-3-5-9(8)15/h2-5,15H,6H2,1H3,(H2,12,13,16,17). The summed E-state index contributed by atoms with van der Waals surface area (Å²) in [7, 11) is 0. The lowest BCUT2D eigenvalue weighted by molar-refractivity contribution is -0.126. The smallest absolute Gasteiger partial charge is 0.325 e. The van der Waals surface area contributed by atoms with E-state index in [0.717, 1.165) is 0 Å². The van der Waals surface area contributed by atoms with Crippen molar-refractivity contribution in [2.75, 3.05) is 5.32 Å². The predicted molar refractivity (Wildman–Crippen MR) is 60.6 cm³/mol. The summed E-state index contributed by atoms with van der Waals surface area (Å²) in [6.07, 6.45) is -0.353. The summed E-state index contributed by atoms with van der Waals surface area (Å²) >= 11 is 0. The maximum Gasteiger partial charge on any atom is 0.325 e. The molecule has 0 aliphatic rings. The lowest BCUT2D eigenvalue weighted by Gasteiger charge is -2.07. The van der Waals surface area contributed by atoms with Crippen molar-refractivity contribution in [2.45, 2.75) is 13.3 Å². The molecule has 0 unspecified atom stereocenters. The SMILES string of the molecule is CC(=O)CC(=O)NC(=O)Nc1ccccc1O. The molecule has 6 nitrogen and oxygen atoms in total. The maximum absolute atomic E-state index is 11.3. The fraction of sp³-hybridized carbons (Fsp3) is 0.182. The molecule has 0 heterocycles. The Labute approximate surface area is 97.6 Å². The number of carbonyl (C=O) groups excluding carboxylic acids is 3. The third-order valence-corrected chi connectivity index (χ3v) is 1.81. The van der Waals surface area contributed by atoms with Crippen molar-refractivity contribution >= 4 is 23.4 Å². The van der Waals surface area contributed by atoms with Gasteiger partial charge in [-0.05, 0) is 19.1 Å². The average Bonchev–Trinajstić information content (AvgIpc) is 2.19. The molecule has 0 saturated heterocycles. The Bertz CT molecular complexity index is 457. The monoisotopic (exact) mass is 236 g/mol. The largest absolute Gasteiger partial charge is 0.506 e. The van der Waals surface area contributed by atoms with Crippen molar-refractivity contribution in [2.24, 2.45) is 0 Å². The van der Waals surface area contributed by atoms with Gasteiger partial charge in [-0.3, -0.25) is 14.9 Å². The molecule has 0 saturated carbocycles. The van der Waals surface area contributed by atoms with E-state index in [1.807, 2.05) is 5.32 Å². The minimum atomic E-state index is -0.794. The molecular weight excluding hydrogens is 224 g/mol. The van der Waals surface area contributed by atoms with Crippen LogP contribution in [0.5, 0.6) is 5.75 Å². The van der Waals surface area contributed by atoms with Gasteiger partial charge in [-0.1, -0.05) is 12.1 Å². The van der Waals surface area contributed by atoms with Crippen molar-refractivity contribution in [3.05, 3.63) is 24.3 Å². The minimum Gasteiger partial charge on any atom is -0.506 e. The first-order valence-corrected chi connectivity index (χ1v) is 4.87. The van der Waals surface area contributed by atoms with Gasteiger partial charge in [-0.2, -0.15) is 0 Å². The zero-order valence-corrected chi connectivity index (χ0v) is 9.19. The van der Waals surface area contributed by atoms with E-state index >= 15 is 0 Å². The van der Waals surface area contributed by atoms with Crippen molar-refractivity contribution in [1.29, 1.82) is 0 Å². The molecule has 1 rings (SSSR count). The van der Waals surface area contributed by atoms with Crippen molar-refractivity contribution in [3.8, 4) is 5.75 Å². The highest BCUT2D eigenvalue weighted by Gasteiger charge is 2.10. The number of urea groups is 1. The van der Waals surface area contributed by atoms with Gasteiger partial charge in [-0.15, -0.1) is 0 Å². The van der Waals surface area contributed by atoms with Crippen molar-refractivity contribution in [3.63, 3.8) is 0 Å². The second kappa shape index (κ2) is 5.64.